The van der Waals surface area contributed by atoms with Crippen LogP contribution in [0.1, 0.15) is 33.2 Å². The van der Waals surface area contributed by atoms with Gasteiger partial charge in [-0.05, 0) is 36.6 Å². The van der Waals surface area contributed by atoms with Crippen LogP contribution in [0, 0.1) is 26.2 Å². The Morgan fingerprint density at radius 1 is 1.40 bits per heavy atom. The van der Waals surface area contributed by atoms with Crippen molar-refractivity contribution in [3.05, 3.63) is 34.4 Å². The van der Waals surface area contributed by atoms with Crippen LogP contribution < -0.4 is 0 Å². The molecule has 1 unspecified atom stereocenters. The van der Waals surface area contributed by atoms with Gasteiger partial charge in [-0.1, -0.05) is 12.0 Å². The molecule has 0 aliphatic carbocycles. The highest BCUT2D eigenvalue weighted by atomic mass is 16.5. The van der Waals surface area contributed by atoms with Gasteiger partial charge in [-0.2, -0.15) is 0 Å². The van der Waals surface area contributed by atoms with Crippen LogP contribution in [-0.2, 0) is 4.74 Å². The molecular formula is C16H19NO3. The van der Waals surface area contributed by atoms with Gasteiger partial charge in [0.2, 0.25) is 0 Å². The molecule has 1 aliphatic rings. The van der Waals surface area contributed by atoms with E-state index in [4.69, 9.17) is 11.2 Å². The number of terminal acetylenes is 1. The molecule has 1 saturated heterocycles. The third-order valence-electron chi connectivity index (χ3n) is 3.69. The first kappa shape index (κ1) is 14.6. The summed E-state index contributed by atoms with van der Waals surface area (Å²) >= 11 is 0. The lowest BCUT2D eigenvalue weighted by Gasteiger charge is -2.28. The van der Waals surface area contributed by atoms with E-state index in [1.165, 1.54) is 0 Å². The summed E-state index contributed by atoms with van der Waals surface area (Å²) in [6.07, 6.45) is 4.32. The molecule has 1 fully saturated rings. The highest BCUT2D eigenvalue weighted by Crippen LogP contribution is 2.25. The second kappa shape index (κ2) is 6.08. The van der Waals surface area contributed by atoms with Crippen molar-refractivity contribution in [1.29, 1.82) is 0 Å². The number of carbonyl (C=O) groups is 1. The van der Waals surface area contributed by atoms with E-state index in [-0.39, 0.29) is 5.91 Å². The molecule has 0 bridgehead atoms. The predicted octanol–water partition coefficient (Wildman–Crippen LogP) is 1.44. The SMILES string of the molecule is C#CC(O)c1c(C)ccc(C(=O)N2CCOCC2)c1C. The molecule has 4 heteroatoms. The van der Waals surface area contributed by atoms with Gasteiger partial charge < -0.3 is 14.7 Å². The molecule has 1 heterocycles. The summed E-state index contributed by atoms with van der Waals surface area (Å²) < 4.78 is 5.25. The highest BCUT2D eigenvalue weighted by molar-refractivity contribution is 5.96. The maximum atomic E-state index is 12.5. The fourth-order valence-electron chi connectivity index (χ4n) is 2.54. The molecule has 20 heavy (non-hydrogen) atoms. The Balaban J connectivity index is 2.37. The van der Waals surface area contributed by atoms with E-state index in [2.05, 4.69) is 5.92 Å². The normalized spacial score (nSPS) is 16.6. The van der Waals surface area contributed by atoms with E-state index >= 15 is 0 Å². The minimum Gasteiger partial charge on any atom is -0.378 e. The molecule has 106 valence electrons. The van der Waals surface area contributed by atoms with Crippen LogP contribution in [0.5, 0.6) is 0 Å². The van der Waals surface area contributed by atoms with Gasteiger partial charge in [0.1, 0.15) is 6.10 Å². The summed E-state index contributed by atoms with van der Waals surface area (Å²) in [5, 5.41) is 9.93. The van der Waals surface area contributed by atoms with E-state index < -0.39 is 6.10 Å². The van der Waals surface area contributed by atoms with Gasteiger partial charge in [-0.25, -0.2) is 0 Å². The van der Waals surface area contributed by atoms with E-state index in [0.717, 1.165) is 11.1 Å². The Bertz CT molecular complexity index is 554. The summed E-state index contributed by atoms with van der Waals surface area (Å²) in [6.45, 7) is 6.04. The minimum absolute atomic E-state index is 0.0312. The summed E-state index contributed by atoms with van der Waals surface area (Å²) in [6, 6.07) is 3.63. The average molecular weight is 273 g/mol. The number of amides is 1. The van der Waals surface area contributed by atoms with Crippen LogP contribution in [0.25, 0.3) is 0 Å². The van der Waals surface area contributed by atoms with Crippen molar-refractivity contribution in [2.24, 2.45) is 0 Å². The van der Waals surface area contributed by atoms with E-state index in [9.17, 15) is 9.90 Å². The minimum atomic E-state index is -0.979. The number of aryl methyl sites for hydroxylation is 1. The zero-order valence-corrected chi connectivity index (χ0v) is 11.8. The molecule has 1 amide bonds. The van der Waals surface area contributed by atoms with Crippen LogP contribution in [0.15, 0.2) is 12.1 Å². The Morgan fingerprint density at radius 2 is 2.05 bits per heavy atom. The molecule has 1 N–H and O–H groups in total. The Kier molecular flexibility index (Phi) is 4.43. The van der Waals surface area contributed by atoms with E-state index in [1.54, 1.807) is 11.0 Å². The van der Waals surface area contributed by atoms with Crippen molar-refractivity contribution in [3.63, 3.8) is 0 Å². The summed E-state index contributed by atoms with van der Waals surface area (Å²) in [4.78, 5) is 14.3. The topological polar surface area (TPSA) is 49.8 Å². The monoisotopic (exact) mass is 273 g/mol. The van der Waals surface area contributed by atoms with Gasteiger partial charge in [-0.15, -0.1) is 6.42 Å². The Hall–Kier alpha value is -1.83. The first-order valence-electron chi connectivity index (χ1n) is 6.67. The standard InChI is InChI=1S/C16H19NO3/c1-4-14(18)15-11(2)5-6-13(12(15)3)16(19)17-7-9-20-10-8-17/h1,5-6,14,18H,7-10H2,2-3H3. The first-order valence-corrected chi connectivity index (χ1v) is 6.67. The lowest BCUT2D eigenvalue weighted by molar-refractivity contribution is 0.0302. The molecule has 1 aromatic rings. The van der Waals surface area contributed by atoms with Crippen LogP contribution in [-0.4, -0.2) is 42.2 Å². The van der Waals surface area contributed by atoms with Gasteiger partial charge >= 0.3 is 0 Å². The van der Waals surface area contributed by atoms with Crippen LogP contribution in [0.4, 0.5) is 0 Å². The van der Waals surface area contributed by atoms with Crippen LogP contribution in [0.3, 0.4) is 0 Å². The number of nitrogens with zero attached hydrogens (tertiary/aromatic N) is 1. The molecule has 0 aromatic heterocycles. The van der Waals surface area contributed by atoms with Gasteiger partial charge in [0.15, 0.2) is 0 Å². The lowest BCUT2D eigenvalue weighted by Crippen LogP contribution is -2.41. The maximum absolute atomic E-state index is 12.5. The molecule has 1 aliphatic heterocycles. The first-order chi connectivity index (χ1) is 9.56. The molecule has 2 rings (SSSR count). The average Bonchev–Trinajstić information content (AvgIpc) is 2.47. The fraction of sp³-hybridized carbons (Fsp3) is 0.438. The van der Waals surface area contributed by atoms with E-state index in [0.29, 0.717) is 37.4 Å². The van der Waals surface area contributed by atoms with Crippen molar-refractivity contribution >= 4 is 5.91 Å². The number of hydrogen-bond donors (Lipinski definition) is 1. The molecular weight excluding hydrogens is 254 g/mol. The molecule has 0 saturated carbocycles. The fourth-order valence-corrected chi connectivity index (χ4v) is 2.54. The number of carbonyl (C=O) groups excluding carboxylic acids is 1. The van der Waals surface area contributed by atoms with Crippen molar-refractivity contribution in [1.82, 2.24) is 4.90 Å². The van der Waals surface area contributed by atoms with Crippen molar-refractivity contribution in [3.8, 4) is 12.3 Å². The zero-order valence-electron chi connectivity index (χ0n) is 11.8. The number of rotatable bonds is 2. The number of hydrogen-bond acceptors (Lipinski definition) is 3. The van der Waals surface area contributed by atoms with Crippen LogP contribution in [0.2, 0.25) is 0 Å². The molecule has 1 aromatic carbocycles. The Labute approximate surface area is 119 Å². The number of aliphatic hydroxyl groups is 1. The number of aliphatic hydroxyl groups excluding tert-OH is 1. The van der Waals surface area contributed by atoms with Gasteiger partial charge in [0.25, 0.3) is 5.91 Å². The summed E-state index contributed by atoms with van der Waals surface area (Å²) in [7, 11) is 0. The van der Waals surface area contributed by atoms with Crippen molar-refractivity contribution < 1.29 is 14.6 Å². The van der Waals surface area contributed by atoms with Crippen LogP contribution >= 0.6 is 0 Å². The smallest absolute Gasteiger partial charge is 0.254 e. The summed E-state index contributed by atoms with van der Waals surface area (Å²) in [5.74, 6) is 2.29. The van der Waals surface area contributed by atoms with Gasteiger partial charge in [-0.3, -0.25) is 4.79 Å². The zero-order chi connectivity index (χ0) is 14.7. The second-order valence-corrected chi connectivity index (χ2v) is 4.94. The largest absolute Gasteiger partial charge is 0.378 e. The number of morpholine rings is 1. The molecule has 0 spiro atoms. The van der Waals surface area contributed by atoms with Crippen molar-refractivity contribution in [2.75, 3.05) is 26.3 Å². The Morgan fingerprint density at radius 3 is 2.65 bits per heavy atom. The lowest BCUT2D eigenvalue weighted by atomic mass is 9.93. The van der Waals surface area contributed by atoms with Gasteiger partial charge in [0.05, 0.1) is 13.2 Å². The quantitative estimate of drug-likeness (QED) is 0.830. The predicted molar refractivity (Wildman–Crippen MR) is 76.4 cm³/mol. The molecule has 1 atom stereocenters. The van der Waals surface area contributed by atoms with Gasteiger partial charge in [0, 0.05) is 18.7 Å². The number of benzene rings is 1. The number of ether oxygens (including phenoxy) is 1. The van der Waals surface area contributed by atoms with Crippen molar-refractivity contribution in [2.45, 2.75) is 20.0 Å². The third-order valence-corrected chi connectivity index (χ3v) is 3.69. The summed E-state index contributed by atoms with van der Waals surface area (Å²) in [5.41, 5.74) is 2.91. The van der Waals surface area contributed by atoms with E-state index in [1.807, 2.05) is 19.9 Å². The maximum Gasteiger partial charge on any atom is 0.254 e. The highest BCUT2D eigenvalue weighted by Gasteiger charge is 2.23. The molecule has 4 nitrogen and oxygen atoms in total. The second-order valence-electron chi connectivity index (χ2n) is 4.94. The third kappa shape index (κ3) is 2.69. The molecule has 0 radical (unpaired) electrons.